The fourth-order valence-electron chi connectivity index (χ4n) is 8.93. The number of fused-ring (bicyclic) bond motifs is 5. The summed E-state index contributed by atoms with van der Waals surface area (Å²) in [5.74, 6) is 0. The SMILES string of the molecule is c1ccc(-c2ccc3c(N(c4ccccc4)c4ccc5c(c4)c4ccccc4n5-c4ccccc4)c4ccccc4c(N(c4ccccc4)c4ccccc4)c3c2)cc1. The largest absolute Gasteiger partial charge is 0.309 e. The van der Waals surface area contributed by atoms with Crippen molar-refractivity contribution in [3.63, 3.8) is 0 Å². The van der Waals surface area contributed by atoms with Crippen molar-refractivity contribution in [1.82, 2.24) is 4.57 Å². The zero-order chi connectivity index (χ0) is 39.1. The third kappa shape index (κ3) is 5.91. The second-order valence-corrected chi connectivity index (χ2v) is 14.9. The van der Waals surface area contributed by atoms with Gasteiger partial charge in [0.1, 0.15) is 0 Å². The van der Waals surface area contributed by atoms with Crippen LogP contribution in [0.1, 0.15) is 0 Å². The Balaban J connectivity index is 1.25. The van der Waals surface area contributed by atoms with Crippen molar-refractivity contribution in [2.75, 3.05) is 9.80 Å². The highest BCUT2D eigenvalue weighted by Gasteiger charge is 2.26. The molecule has 0 aliphatic rings. The van der Waals surface area contributed by atoms with Crippen molar-refractivity contribution in [3.8, 4) is 16.8 Å². The van der Waals surface area contributed by atoms with Gasteiger partial charge in [-0.2, -0.15) is 0 Å². The number of hydrogen-bond acceptors (Lipinski definition) is 2. The van der Waals surface area contributed by atoms with Crippen LogP contribution < -0.4 is 9.80 Å². The van der Waals surface area contributed by atoms with Gasteiger partial charge in [-0.3, -0.25) is 0 Å². The molecule has 3 heteroatoms. The van der Waals surface area contributed by atoms with E-state index in [4.69, 9.17) is 0 Å². The van der Waals surface area contributed by atoms with Crippen LogP contribution in [0.3, 0.4) is 0 Å². The van der Waals surface area contributed by atoms with E-state index in [2.05, 4.69) is 251 Å². The van der Waals surface area contributed by atoms with Gasteiger partial charge in [0.05, 0.1) is 22.4 Å². The van der Waals surface area contributed by atoms with Crippen molar-refractivity contribution >= 4 is 77.5 Å². The van der Waals surface area contributed by atoms with E-state index in [-0.39, 0.29) is 0 Å². The lowest BCUT2D eigenvalue weighted by Gasteiger charge is -2.33. The summed E-state index contributed by atoms with van der Waals surface area (Å²) in [6.07, 6.45) is 0. The number of anilines is 6. The molecule has 11 rings (SSSR count). The van der Waals surface area contributed by atoms with Crippen molar-refractivity contribution < 1.29 is 0 Å². The molecule has 59 heavy (non-hydrogen) atoms. The first kappa shape index (κ1) is 34.4. The van der Waals surface area contributed by atoms with Crippen molar-refractivity contribution in [2.45, 2.75) is 0 Å². The second kappa shape index (κ2) is 14.6. The summed E-state index contributed by atoms with van der Waals surface area (Å²) in [4.78, 5) is 4.90. The first-order chi connectivity index (χ1) is 29.3. The van der Waals surface area contributed by atoms with Gasteiger partial charge >= 0.3 is 0 Å². The average molecular weight is 754 g/mol. The zero-order valence-corrected chi connectivity index (χ0v) is 32.4. The van der Waals surface area contributed by atoms with Crippen LogP contribution in [0.4, 0.5) is 34.1 Å². The Kier molecular flexibility index (Phi) is 8.49. The summed E-state index contributed by atoms with van der Waals surface area (Å²) in [7, 11) is 0. The van der Waals surface area contributed by atoms with E-state index in [1.807, 2.05) is 0 Å². The standard InChI is InChI=1S/C56H39N3/c1-6-20-40(21-7-1)41-34-36-50-52(38-41)56(57(42-22-8-2-9-23-42)43-24-10-3-11-25-43)49-32-17-16-31-48(49)55(50)58(44-26-12-4-13-27-44)46-35-37-54-51(39-46)47-30-18-19-33-53(47)59(54)45-28-14-5-15-29-45/h1-39H. The maximum Gasteiger partial charge on any atom is 0.0620 e. The Labute approximate surface area is 343 Å². The van der Waals surface area contributed by atoms with Crippen molar-refractivity contribution in [2.24, 2.45) is 0 Å². The molecule has 0 aliphatic heterocycles. The van der Waals surface area contributed by atoms with Gasteiger partial charge in [0.15, 0.2) is 0 Å². The van der Waals surface area contributed by atoms with Gasteiger partial charge in [-0.05, 0) is 90.0 Å². The van der Waals surface area contributed by atoms with Crippen LogP contribution in [0.15, 0.2) is 237 Å². The third-order valence-electron chi connectivity index (χ3n) is 11.5. The lowest BCUT2D eigenvalue weighted by atomic mass is 9.92. The lowest BCUT2D eigenvalue weighted by molar-refractivity contribution is 1.18. The van der Waals surface area contributed by atoms with E-state index in [0.717, 1.165) is 61.4 Å². The van der Waals surface area contributed by atoms with Crippen LogP contribution in [-0.4, -0.2) is 4.57 Å². The summed E-state index contributed by atoms with van der Waals surface area (Å²) in [6, 6.07) is 85.4. The molecule has 0 spiro atoms. The van der Waals surface area contributed by atoms with E-state index < -0.39 is 0 Å². The van der Waals surface area contributed by atoms with E-state index >= 15 is 0 Å². The minimum atomic E-state index is 1.09. The van der Waals surface area contributed by atoms with Gasteiger partial charge in [-0.15, -0.1) is 0 Å². The smallest absolute Gasteiger partial charge is 0.0620 e. The number of benzene rings is 10. The van der Waals surface area contributed by atoms with Crippen molar-refractivity contribution in [1.29, 1.82) is 0 Å². The highest BCUT2D eigenvalue weighted by Crippen LogP contribution is 2.52. The monoisotopic (exact) mass is 753 g/mol. The average Bonchev–Trinajstić information content (AvgIpc) is 3.65. The normalized spacial score (nSPS) is 11.4. The summed E-state index contributed by atoms with van der Waals surface area (Å²) >= 11 is 0. The number of rotatable bonds is 8. The van der Waals surface area contributed by atoms with E-state index in [0.29, 0.717) is 0 Å². The van der Waals surface area contributed by atoms with Gasteiger partial charge in [0.25, 0.3) is 0 Å². The first-order valence-corrected chi connectivity index (χ1v) is 20.2. The molecule has 0 N–H and O–H groups in total. The predicted molar refractivity (Wildman–Crippen MR) is 251 cm³/mol. The number of nitrogens with zero attached hydrogens (tertiary/aromatic N) is 3. The van der Waals surface area contributed by atoms with Crippen LogP contribution in [0.2, 0.25) is 0 Å². The molecule has 0 atom stereocenters. The minimum absolute atomic E-state index is 1.09. The van der Waals surface area contributed by atoms with Crippen LogP contribution in [-0.2, 0) is 0 Å². The Morgan fingerprint density at radius 3 is 1.29 bits per heavy atom. The Morgan fingerprint density at radius 2 is 0.695 bits per heavy atom. The highest BCUT2D eigenvalue weighted by molar-refractivity contribution is 6.24. The topological polar surface area (TPSA) is 11.4 Å². The molecule has 0 saturated carbocycles. The predicted octanol–water partition coefficient (Wildman–Crippen LogP) is 15.7. The summed E-state index contributed by atoms with van der Waals surface area (Å²) in [6.45, 7) is 0. The molecule has 10 aromatic carbocycles. The van der Waals surface area contributed by atoms with Crippen LogP contribution >= 0.6 is 0 Å². The minimum Gasteiger partial charge on any atom is -0.309 e. The number of hydrogen-bond donors (Lipinski definition) is 0. The first-order valence-electron chi connectivity index (χ1n) is 20.2. The Morgan fingerprint density at radius 1 is 0.254 bits per heavy atom. The molecule has 0 fully saturated rings. The Hall–Kier alpha value is -7.88. The molecule has 11 aromatic rings. The number of para-hydroxylation sites is 5. The molecule has 0 saturated heterocycles. The van der Waals surface area contributed by atoms with E-state index in [1.54, 1.807) is 0 Å². The van der Waals surface area contributed by atoms with Gasteiger partial charge in [-0.25, -0.2) is 0 Å². The second-order valence-electron chi connectivity index (χ2n) is 14.9. The molecular formula is C56H39N3. The summed E-state index contributed by atoms with van der Waals surface area (Å²) < 4.78 is 2.38. The molecular weight excluding hydrogens is 715 g/mol. The highest BCUT2D eigenvalue weighted by atomic mass is 15.2. The van der Waals surface area contributed by atoms with Crippen LogP contribution in [0.25, 0.3) is 60.2 Å². The zero-order valence-electron chi connectivity index (χ0n) is 32.4. The molecule has 0 radical (unpaired) electrons. The fourth-order valence-corrected chi connectivity index (χ4v) is 8.93. The third-order valence-corrected chi connectivity index (χ3v) is 11.5. The molecule has 0 aliphatic carbocycles. The molecule has 0 amide bonds. The summed E-state index contributed by atoms with van der Waals surface area (Å²) in [5.41, 5.74) is 12.5. The van der Waals surface area contributed by atoms with E-state index in [1.165, 1.54) is 32.9 Å². The van der Waals surface area contributed by atoms with Gasteiger partial charge < -0.3 is 14.4 Å². The quantitative estimate of drug-likeness (QED) is 0.113. The molecule has 0 bridgehead atoms. The molecule has 0 unspecified atom stereocenters. The van der Waals surface area contributed by atoms with Gasteiger partial charge in [0.2, 0.25) is 0 Å². The molecule has 1 aromatic heterocycles. The van der Waals surface area contributed by atoms with Crippen LogP contribution in [0.5, 0.6) is 0 Å². The van der Waals surface area contributed by atoms with Crippen molar-refractivity contribution in [3.05, 3.63) is 237 Å². The maximum absolute atomic E-state index is 2.47. The fraction of sp³-hybridized carbons (Fsp3) is 0. The van der Waals surface area contributed by atoms with Gasteiger partial charge in [0, 0.05) is 60.8 Å². The van der Waals surface area contributed by atoms with E-state index in [9.17, 15) is 0 Å². The maximum atomic E-state index is 2.47. The van der Waals surface area contributed by atoms with Crippen LogP contribution in [0, 0.1) is 0 Å². The Bertz CT molecular complexity index is 3210. The molecule has 3 nitrogen and oxygen atoms in total. The number of aromatic nitrogens is 1. The molecule has 278 valence electrons. The lowest BCUT2D eigenvalue weighted by Crippen LogP contribution is -2.14. The van der Waals surface area contributed by atoms with Gasteiger partial charge in [-0.1, -0.05) is 158 Å². The molecule has 1 heterocycles. The summed E-state index contributed by atoms with van der Waals surface area (Å²) in [5, 5.41) is 7.07.